The fourth-order valence-electron chi connectivity index (χ4n) is 1.85. The molecular weight excluding hydrogens is 266 g/mol. The van der Waals surface area contributed by atoms with Crippen LogP contribution in [0, 0.1) is 5.92 Å². The summed E-state index contributed by atoms with van der Waals surface area (Å²) < 4.78 is 5.66. The van der Waals surface area contributed by atoms with Crippen LogP contribution in [0.4, 0.5) is 11.4 Å². The normalized spacial score (nSPS) is 10.8. The molecule has 0 aliphatic carbocycles. The zero-order valence-corrected chi connectivity index (χ0v) is 13.6. The SMILES string of the molecule is CC(C)CNC(=O)CN(C)c1cc(N)cc(OC(C)C)c1. The van der Waals surface area contributed by atoms with Crippen LogP contribution in [0.1, 0.15) is 27.7 Å². The summed E-state index contributed by atoms with van der Waals surface area (Å²) in [6, 6.07) is 5.52. The average Bonchev–Trinajstić information content (AvgIpc) is 2.34. The van der Waals surface area contributed by atoms with Crippen LogP contribution in [0.2, 0.25) is 0 Å². The van der Waals surface area contributed by atoms with Crippen LogP contribution < -0.4 is 20.7 Å². The van der Waals surface area contributed by atoms with E-state index in [1.54, 1.807) is 6.07 Å². The Morgan fingerprint density at radius 1 is 1.29 bits per heavy atom. The van der Waals surface area contributed by atoms with E-state index < -0.39 is 0 Å². The first kappa shape index (κ1) is 17.1. The topological polar surface area (TPSA) is 67.6 Å². The largest absolute Gasteiger partial charge is 0.491 e. The lowest BCUT2D eigenvalue weighted by Gasteiger charge is -2.21. The van der Waals surface area contributed by atoms with Crippen molar-refractivity contribution in [2.45, 2.75) is 33.8 Å². The van der Waals surface area contributed by atoms with Crippen molar-refractivity contribution >= 4 is 17.3 Å². The molecule has 0 aromatic heterocycles. The van der Waals surface area contributed by atoms with Crippen molar-refractivity contribution in [1.82, 2.24) is 5.32 Å². The second-order valence-electron chi connectivity index (χ2n) is 5.98. The monoisotopic (exact) mass is 293 g/mol. The molecule has 1 aromatic rings. The third-order valence-corrected chi connectivity index (χ3v) is 2.81. The summed E-state index contributed by atoms with van der Waals surface area (Å²) in [7, 11) is 1.86. The zero-order valence-electron chi connectivity index (χ0n) is 13.6. The molecule has 0 aliphatic rings. The Hall–Kier alpha value is -1.91. The van der Waals surface area contributed by atoms with E-state index in [4.69, 9.17) is 10.5 Å². The number of amides is 1. The number of carbonyl (C=O) groups is 1. The minimum Gasteiger partial charge on any atom is -0.491 e. The maximum Gasteiger partial charge on any atom is 0.239 e. The molecule has 0 atom stereocenters. The maximum absolute atomic E-state index is 11.9. The van der Waals surface area contributed by atoms with E-state index >= 15 is 0 Å². The fourth-order valence-corrected chi connectivity index (χ4v) is 1.85. The van der Waals surface area contributed by atoms with E-state index in [-0.39, 0.29) is 18.6 Å². The highest BCUT2D eigenvalue weighted by molar-refractivity contribution is 5.81. The standard InChI is InChI=1S/C16H27N3O2/c1-11(2)9-18-16(20)10-19(5)14-6-13(17)7-15(8-14)21-12(3)4/h6-8,11-12H,9-10,17H2,1-5H3,(H,18,20). The van der Waals surface area contributed by atoms with Crippen molar-refractivity contribution in [2.75, 3.05) is 30.8 Å². The molecule has 1 amide bonds. The summed E-state index contributed by atoms with van der Waals surface area (Å²) in [5, 5.41) is 2.90. The summed E-state index contributed by atoms with van der Waals surface area (Å²) >= 11 is 0. The van der Waals surface area contributed by atoms with E-state index in [1.165, 1.54) is 0 Å². The van der Waals surface area contributed by atoms with Crippen LogP contribution >= 0.6 is 0 Å². The van der Waals surface area contributed by atoms with Crippen molar-refractivity contribution in [3.63, 3.8) is 0 Å². The van der Waals surface area contributed by atoms with Gasteiger partial charge in [0.15, 0.2) is 0 Å². The summed E-state index contributed by atoms with van der Waals surface area (Å²) in [6.07, 6.45) is 0.0827. The van der Waals surface area contributed by atoms with Crippen molar-refractivity contribution in [3.05, 3.63) is 18.2 Å². The van der Waals surface area contributed by atoms with Crippen LogP contribution in [0.15, 0.2) is 18.2 Å². The number of ether oxygens (including phenoxy) is 1. The molecule has 118 valence electrons. The van der Waals surface area contributed by atoms with Gasteiger partial charge in [0, 0.05) is 37.1 Å². The minimum absolute atomic E-state index is 0.0000440. The van der Waals surface area contributed by atoms with Crippen molar-refractivity contribution in [3.8, 4) is 5.75 Å². The Kier molecular flexibility index (Phi) is 6.34. The third-order valence-electron chi connectivity index (χ3n) is 2.81. The number of hydrogen-bond acceptors (Lipinski definition) is 4. The summed E-state index contributed by atoms with van der Waals surface area (Å²) in [5.41, 5.74) is 7.38. The van der Waals surface area contributed by atoms with E-state index in [2.05, 4.69) is 19.2 Å². The van der Waals surface area contributed by atoms with Gasteiger partial charge in [-0.05, 0) is 25.8 Å². The highest BCUT2D eigenvalue weighted by Gasteiger charge is 2.10. The summed E-state index contributed by atoms with van der Waals surface area (Å²) in [5.74, 6) is 1.16. The molecule has 1 aromatic carbocycles. The molecule has 0 heterocycles. The number of likely N-dealkylation sites (N-methyl/N-ethyl adjacent to an activating group) is 1. The van der Waals surface area contributed by atoms with E-state index in [9.17, 15) is 4.79 Å². The first-order chi connectivity index (χ1) is 9.77. The molecule has 0 aliphatic heterocycles. The van der Waals surface area contributed by atoms with Crippen molar-refractivity contribution < 1.29 is 9.53 Å². The first-order valence-corrected chi connectivity index (χ1v) is 7.33. The van der Waals surface area contributed by atoms with Gasteiger partial charge >= 0.3 is 0 Å². The van der Waals surface area contributed by atoms with Crippen LogP contribution in [0.3, 0.4) is 0 Å². The van der Waals surface area contributed by atoms with E-state index in [1.807, 2.05) is 37.9 Å². The lowest BCUT2D eigenvalue weighted by Crippen LogP contribution is -2.36. The third kappa shape index (κ3) is 6.38. The molecule has 5 heteroatoms. The fraction of sp³-hybridized carbons (Fsp3) is 0.562. The molecule has 3 N–H and O–H groups in total. The van der Waals surface area contributed by atoms with Crippen molar-refractivity contribution in [2.24, 2.45) is 5.92 Å². The molecule has 0 saturated heterocycles. The average molecular weight is 293 g/mol. The predicted molar refractivity (Wildman–Crippen MR) is 87.7 cm³/mol. The van der Waals surface area contributed by atoms with Crippen LogP contribution in [0.5, 0.6) is 5.75 Å². The zero-order chi connectivity index (χ0) is 16.0. The van der Waals surface area contributed by atoms with Crippen molar-refractivity contribution in [1.29, 1.82) is 0 Å². The Bertz CT molecular complexity index is 473. The lowest BCUT2D eigenvalue weighted by atomic mass is 10.2. The number of rotatable bonds is 7. The van der Waals surface area contributed by atoms with Gasteiger partial charge in [0.05, 0.1) is 12.6 Å². The second kappa shape index (κ2) is 7.76. The quantitative estimate of drug-likeness (QED) is 0.757. The molecule has 0 radical (unpaired) electrons. The molecule has 0 saturated carbocycles. The Morgan fingerprint density at radius 2 is 1.95 bits per heavy atom. The molecule has 21 heavy (non-hydrogen) atoms. The van der Waals surface area contributed by atoms with Gasteiger partial charge in [0.2, 0.25) is 5.91 Å². The van der Waals surface area contributed by atoms with E-state index in [0.29, 0.717) is 18.2 Å². The molecule has 1 rings (SSSR count). The first-order valence-electron chi connectivity index (χ1n) is 7.33. The molecular formula is C16H27N3O2. The summed E-state index contributed by atoms with van der Waals surface area (Å²) in [4.78, 5) is 13.7. The number of benzene rings is 1. The number of nitrogens with one attached hydrogen (secondary N) is 1. The highest BCUT2D eigenvalue weighted by Crippen LogP contribution is 2.25. The van der Waals surface area contributed by atoms with E-state index in [0.717, 1.165) is 11.4 Å². The van der Waals surface area contributed by atoms with Gasteiger partial charge < -0.3 is 20.7 Å². The predicted octanol–water partition coefficient (Wildman–Crippen LogP) is 2.26. The Morgan fingerprint density at radius 3 is 2.52 bits per heavy atom. The van der Waals surface area contributed by atoms with Gasteiger partial charge in [-0.1, -0.05) is 13.8 Å². The molecule has 5 nitrogen and oxygen atoms in total. The molecule has 0 unspecified atom stereocenters. The van der Waals surface area contributed by atoms with Crippen LogP contribution in [-0.2, 0) is 4.79 Å². The van der Waals surface area contributed by atoms with Crippen LogP contribution in [0.25, 0.3) is 0 Å². The lowest BCUT2D eigenvalue weighted by molar-refractivity contribution is -0.119. The Balaban J connectivity index is 2.70. The molecule has 0 spiro atoms. The number of nitrogen functional groups attached to an aromatic ring is 1. The molecule has 0 bridgehead atoms. The van der Waals surface area contributed by atoms with Gasteiger partial charge in [-0.15, -0.1) is 0 Å². The van der Waals surface area contributed by atoms with Gasteiger partial charge in [-0.3, -0.25) is 4.79 Å². The second-order valence-corrected chi connectivity index (χ2v) is 5.98. The van der Waals surface area contributed by atoms with Gasteiger partial charge in [0.25, 0.3) is 0 Å². The number of anilines is 2. The van der Waals surface area contributed by atoms with Gasteiger partial charge in [-0.2, -0.15) is 0 Å². The minimum atomic E-state index is -0.0000440. The highest BCUT2D eigenvalue weighted by atomic mass is 16.5. The maximum atomic E-state index is 11.9. The van der Waals surface area contributed by atoms with Gasteiger partial charge in [0.1, 0.15) is 5.75 Å². The number of nitrogens with two attached hydrogens (primary N) is 1. The number of carbonyl (C=O) groups excluding carboxylic acids is 1. The van der Waals surface area contributed by atoms with Gasteiger partial charge in [-0.25, -0.2) is 0 Å². The smallest absolute Gasteiger partial charge is 0.239 e. The Labute approximate surface area is 127 Å². The number of hydrogen-bond donors (Lipinski definition) is 2. The number of nitrogens with zero attached hydrogens (tertiary/aromatic N) is 1. The van der Waals surface area contributed by atoms with Crippen LogP contribution in [-0.4, -0.2) is 32.1 Å². The summed E-state index contributed by atoms with van der Waals surface area (Å²) in [6.45, 7) is 9.04. The molecule has 0 fully saturated rings.